The van der Waals surface area contributed by atoms with E-state index in [0.717, 1.165) is 15.3 Å². The molecule has 3 aromatic rings. The van der Waals surface area contributed by atoms with Gasteiger partial charge in [-0.3, -0.25) is 14.4 Å². The molecule has 2 aromatic carbocycles. The largest absolute Gasteiger partial charge is 0.468 e. The molecule has 0 radical (unpaired) electrons. The van der Waals surface area contributed by atoms with E-state index in [1.54, 1.807) is 42.5 Å². The number of benzene rings is 2. The van der Waals surface area contributed by atoms with Crippen LogP contribution in [0, 0.1) is 0 Å². The summed E-state index contributed by atoms with van der Waals surface area (Å²) in [6, 6.07) is 19.7. The van der Waals surface area contributed by atoms with Crippen LogP contribution in [0.15, 0.2) is 72.4 Å². The number of rotatable bonds is 7. The first-order valence-electron chi connectivity index (χ1n) is 9.26. The smallest absolute Gasteiger partial charge is 0.325 e. The predicted octanol–water partition coefficient (Wildman–Crippen LogP) is 4.13. The van der Waals surface area contributed by atoms with Gasteiger partial charge in [-0.05, 0) is 36.4 Å². The van der Waals surface area contributed by atoms with Gasteiger partial charge < -0.3 is 15.4 Å². The van der Waals surface area contributed by atoms with Crippen molar-refractivity contribution in [3.63, 3.8) is 0 Å². The number of methoxy groups -OCH3 is 1. The number of nitrogens with one attached hydrogen (secondary N) is 2. The number of hydrogen-bond donors (Lipinski definition) is 2. The molecule has 0 bridgehead atoms. The van der Waals surface area contributed by atoms with Crippen molar-refractivity contribution in [2.75, 3.05) is 13.7 Å². The van der Waals surface area contributed by atoms with Crippen LogP contribution in [0.1, 0.15) is 15.2 Å². The van der Waals surface area contributed by atoms with E-state index in [1.807, 2.05) is 30.3 Å². The summed E-state index contributed by atoms with van der Waals surface area (Å²) in [6.45, 7) is -0.316. The fourth-order valence-corrected chi connectivity index (χ4v) is 3.93. The van der Waals surface area contributed by atoms with Crippen LogP contribution in [0.25, 0.3) is 16.5 Å². The first-order valence-corrected chi connectivity index (χ1v) is 10.4. The van der Waals surface area contributed by atoms with Crippen molar-refractivity contribution in [1.82, 2.24) is 10.6 Å². The molecule has 0 atom stereocenters. The van der Waals surface area contributed by atoms with Gasteiger partial charge in [0.15, 0.2) is 0 Å². The lowest BCUT2D eigenvalue weighted by Crippen LogP contribution is -2.37. The van der Waals surface area contributed by atoms with Crippen molar-refractivity contribution in [2.24, 2.45) is 0 Å². The first-order chi connectivity index (χ1) is 15.0. The van der Waals surface area contributed by atoms with Gasteiger partial charge >= 0.3 is 5.97 Å². The highest BCUT2D eigenvalue weighted by atomic mass is 35.5. The minimum Gasteiger partial charge on any atom is -0.468 e. The third-order valence-corrected chi connectivity index (χ3v) is 5.60. The minimum atomic E-state index is -0.609. The Morgan fingerprint density at radius 2 is 1.71 bits per heavy atom. The number of halogens is 1. The van der Waals surface area contributed by atoms with E-state index >= 15 is 0 Å². The lowest BCUT2D eigenvalue weighted by Gasteiger charge is -2.10. The SMILES string of the molecule is COC(=O)CNC(=O)C(=Cc1ccc(-c2ccccc2Cl)s1)NC(=O)c1ccccc1. The second kappa shape index (κ2) is 10.6. The average Bonchev–Trinajstić information content (AvgIpc) is 3.25. The number of amides is 2. The molecule has 6 nitrogen and oxygen atoms in total. The van der Waals surface area contributed by atoms with Gasteiger partial charge in [0.25, 0.3) is 11.8 Å². The Morgan fingerprint density at radius 3 is 2.42 bits per heavy atom. The summed E-state index contributed by atoms with van der Waals surface area (Å²) in [5.41, 5.74) is 1.28. The summed E-state index contributed by atoms with van der Waals surface area (Å²) in [7, 11) is 1.23. The van der Waals surface area contributed by atoms with Crippen molar-refractivity contribution in [3.8, 4) is 10.4 Å². The van der Waals surface area contributed by atoms with E-state index < -0.39 is 17.8 Å². The number of hydrogen-bond acceptors (Lipinski definition) is 5. The molecule has 0 aliphatic heterocycles. The molecule has 2 amide bonds. The summed E-state index contributed by atoms with van der Waals surface area (Å²) >= 11 is 7.69. The molecule has 0 spiro atoms. The molecule has 158 valence electrons. The number of carbonyl (C=O) groups is 3. The summed E-state index contributed by atoms with van der Waals surface area (Å²) in [5.74, 6) is -1.65. The van der Waals surface area contributed by atoms with E-state index in [0.29, 0.717) is 10.6 Å². The van der Waals surface area contributed by atoms with Crippen LogP contribution in [0.4, 0.5) is 0 Å². The van der Waals surface area contributed by atoms with Crippen molar-refractivity contribution in [3.05, 3.63) is 87.9 Å². The summed E-state index contributed by atoms with van der Waals surface area (Å²) < 4.78 is 4.54. The van der Waals surface area contributed by atoms with Gasteiger partial charge in [-0.1, -0.05) is 48.0 Å². The standard InChI is InChI=1S/C23H19ClN2O4S/c1-30-21(27)14-25-23(29)19(26-22(28)15-7-3-2-4-8-15)13-16-11-12-20(31-16)17-9-5-6-10-18(17)24/h2-13H,14H2,1H3,(H,25,29)(H,26,28). The zero-order chi connectivity index (χ0) is 22.2. The molecule has 0 unspecified atom stereocenters. The molecule has 31 heavy (non-hydrogen) atoms. The summed E-state index contributed by atoms with van der Waals surface area (Å²) in [4.78, 5) is 38.2. The van der Waals surface area contributed by atoms with Gasteiger partial charge in [0.05, 0.1) is 7.11 Å². The fourth-order valence-electron chi connectivity index (χ4n) is 2.64. The Kier molecular flexibility index (Phi) is 7.59. The van der Waals surface area contributed by atoms with Crippen molar-refractivity contribution in [1.29, 1.82) is 0 Å². The van der Waals surface area contributed by atoms with Gasteiger partial charge in [0.2, 0.25) is 0 Å². The molecular weight excluding hydrogens is 436 g/mol. The zero-order valence-corrected chi connectivity index (χ0v) is 18.1. The van der Waals surface area contributed by atoms with Crippen LogP contribution < -0.4 is 10.6 Å². The minimum absolute atomic E-state index is 0.00492. The molecule has 0 saturated carbocycles. The van der Waals surface area contributed by atoms with Crippen molar-refractivity contribution < 1.29 is 19.1 Å². The van der Waals surface area contributed by atoms with Crippen molar-refractivity contribution >= 4 is 46.8 Å². The van der Waals surface area contributed by atoms with Gasteiger partial charge in [-0.2, -0.15) is 0 Å². The Balaban J connectivity index is 1.87. The van der Waals surface area contributed by atoms with Gasteiger partial charge in [-0.25, -0.2) is 0 Å². The molecular formula is C23H19ClN2O4S. The summed E-state index contributed by atoms with van der Waals surface area (Å²) in [6.07, 6.45) is 1.55. The van der Waals surface area contributed by atoms with Crippen molar-refractivity contribution in [2.45, 2.75) is 0 Å². The second-order valence-electron chi connectivity index (χ2n) is 6.32. The molecule has 8 heteroatoms. The lowest BCUT2D eigenvalue weighted by molar-refractivity contribution is -0.140. The van der Waals surface area contributed by atoms with Gasteiger partial charge in [-0.15, -0.1) is 11.3 Å². The quantitative estimate of drug-likeness (QED) is 0.415. The van der Waals surface area contributed by atoms with Gasteiger partial charge in [0, 0.05) is 25.9 Å². The van der Waals surface area contributed by atoms with E-state index in [-0.39, 0.29) is 12.2 Å². The number of thiophene rings is 1. The molecule has 0 saturated heterocycles. The lowest BCUT2D eigenvalue weighted by atomic mass is 10.2. The Morgan fingerprint density at radius 1 is 1.00 bits per heavy atom. The Hall–Kier alpha value is -3.42. The van der Waals surface area contributed by atoms with Crippen LogP contribution in [-0.2, 0) is 14.3 Å². The third-order valence-electron chi connectivity index (χ3n) is 4.20. The zero-order valence-electron chi connectivity index (χ0n) is 16.6. The fraction of sp³-hybridized carbons (Fsp3) is 0.0870. The molecule has 1 aromatic heterocycles. The topological polar surface area (TPSA) is 84.5 Å². The van der Waals surface area contributed by atoms with E-state index in [1.165, 1.54) is 18.4 Å². The van der Waals surface area contributed by atoms with Gasteiger partial charge in [0.1, 0.15) is 12.2 Å². The third kappa shape index (κ3) is 6.04. The van der Waals surface area contributed by atoms with Crippen LogP contribution in [0.3, 0.4) is 0 Å². The maximum atomic E-state index is 12.6. The molecule has 0 aliphatic rings. The van der Waals surface area contributed by atoms with E-state index in [4.69, 9.17) is 11.6 Å². The van der Waals surface area contributed by atoms with E-state index in [2.05, 4.69) is 15.4 Å². The maximum absolute atomic E-state index is 12.6. The Labute approximate surface area is 188 Å². The van der Waals surface area contributed by atoms with Crippen LogP contribution in [-0.4, -0.2) is 31.4 Å². The van der Waals surface area contributed by atoms with Crippen LogP contribution in [0.5, 0.6) is 0 Å². The van der Waals surface area contributed by atoms with E-state index in [9.17, 15) is 14.4 Å². The molecule has 0 fully saturated rings. The molecule has 1 heterocycles. The highest BCUT2D eigenvalue weighted by Gasteiger charge is 2.16. The average molecular weight is 455 g/mol. The second-order valence-corrected chi connectivity index (χ2v) is 7.84. The highest BCUT2D eigenvalue weighted by Crippen LogP contribution is 2.33. The van der Waals surface area contributed by atoms with Crippen LogP contribution >= 0.6 is 22.9 Å². The highest BCUT2D eigenvalue weighted by molar-refractivity contribution is 7.16. The monoisotopic (exact) mass is 454 g/mol. The predicted molar refractivity (Wildman–Crippen MR) is 122 cm³/mol. The molecule has 0 aliphatic carbocycles. The molecule has 3 rings (SSSR count). The normalized spacial score (nSPS) is 11.0. The van der Waals surface area contributed by atoms with Crippen LogP contribution in [0.2, 0.25) is 5.02 Å². The first kappa shape index (κ1) is 22.3. The summed E-state index contributed by atoms with van der Waals surface area (Å²) in [5, 5.41) is 5.69. The Bertz CT molecular complexity index is 1130. The maximum Gasteiger partial charge on any atom is 0.325 e. The number of carbonyl (C=O) groups excluding carboxylic acids is 3. The number of esters is 1. The molecule has 2 N–H and O–H groups in total. The number of ether oxygens (including phenoxy) is 1.